The molecule has 1 heterocycles. The molecule has 0 unspecified atom stereocenters. The first kappa shape index (κ1) is 24.6. The van der Waals surface area contributed by atoms with Crippen molar-refractivity contribution in [1.29, 1.82) is 0 Å². The minimum Gasteiger partial charge on any atom is -0.506 e. The summed E-state index contributed by atoms with van der Waals surface area (Å²) >= 11 is 5.99. The van der Waals surface area contributed by atoms with Gasteiger partial charge in [0.15, 0.2) is 0 Å². The number of aromatic hydroxyl groups is 1. The number of halogens is 1. The van der Waals surface area contributed by atoms with E-state index in [1.54, 1.807) is 19.9 Å². The van der Waals surface area contributed by atoms with Gasteiger partial charge in [-0.25, -0.2) is 0 Å². The molecule has 0 saturated heterocycles. The number of H-pyrrole nitrogens is 1. The van der Waals surface area contributed by atoms with Gasteiger partial charge >= 0.3 is 0 Å². The second kappa shape index (κ2) is 9.62. The van der Waals surface area contributed by atoms with Crippen LogP contribution in [0, 0.1) is 5.92 Å². The highest BCUT2D eigenvalue weighted by Gasteiger charge is 2.45. The SMILES string of the molecule is CC(C)[C@H](NC(=O)[C@@]1(NC(=O)Cc2ccc(O)c(Cl)c2)CCc2[nH]c3ccccc3c2C1)C(N)=O. The predicted octanol–water partition coefficient (Wildman–Crippen LogP) is 2.74. The van der Waals surface area contributed by atoms with Crippen LogP contribution in [0.1, 0.15) is 37.1 Å². The first-order chi connectivity index (χ1) is 16.6. The van der Waals surface area contributed by atoms with Crippen LogP contribution < -0.4 is 16.4 Å². The molecule has 35 heavy (non-hydrogen) atoms. The summed E-state index contributed by atoms with van der Waals surface area (Å²) in [5, 5.41) is 16.6. The topological polar surface area (TPSA) is 137 Å². The van der Waals surface area contributed by atoms with Crippen molar-refractivity contribution in [3.8, 4) is 5.75 Å². The Hall–Kier alpha value is -3.52. The van der Waals surface area contributed by atoms with E-state index in [1.807, 2.05) is 24.3 Å². The van der Waals surface area contributed by atoms with Crippen LogP contribution in [0.4, 0.5) is 0 Å². The molecule has 3 amide bonds. The van der Waals surface area contributed by atoms with E-state index in [0.29, 0.717) is 18.4 Å². The van der Waals surface area contributed by atoms with E-state index in [-0.39, 0.29) is 35.4 Å². The highest BCUT2D eigenvalue weighted by molar-refractivity contribution is 6.32. The highest BCUT2D eigenvalue weighted by atomic mass is 35.5. The fourth-order valence-corrected chi connectivity index (χ4v) is 4.96. The van der Waals surface area contributed by atoms with Crippen molar-refractivity contribution < 1.29 is 19.5 Å². The van der Waals surface area contributed by atoms with Gasteiger partial charge in [-0.05, 0) is 48.1 Å². The summed E-state index contributed by atoms with van der Waals surface area (Å²) in [4.78, 5) is 42.3. The number of carbonyl (C=O) groups excluding carboxylic acids is 3. The molecule has 9 heteroatoms. The molecular formula is C26H29ClN4O4. The Morgan fingerprint density at radius 2 is 1.94 bits per heavy atom. The van der Waals surface area contributed by atoms with Gasteiger partial charge in [-0.2, -0.15) is 0 Å². The van der Waals surface area contributed by atoms with E-state index in [4.69, 9.17) is 17.3 Å². The Labute approximate surface area is 208 Å². The zero-order valence-electron chi connectivity index (χ0n) is 19.7. The molecule has 0 fully saturated rings. The molecule has 1 aliphatic rings. The number of primary amides is 1. The van der Waals surface area contributed by atoms with Gasteiger partial charge in [0.2, 0.25) is 17.7 Å². The molecule has 1 aliphatic carbocycles. The largest absolute Gasteiger partial charge is 0.506 e. The molecule has 0 spiro atoms. The monoisotopic (exact) mass is 496 g/mol. The van der Waals surface area contributed by atoms with E-state index in [9.17, 15) is 19.5 Å². The van der Waals surface area contributed by atoms with Crippen LogP contribution in [0.2, 0.25) is 5.02 Å². The summed E-state index contributed by atoms with van der Waals surface area (Å²) in [6.45, 7) is 3.60. The Bertz CT molecular complexity index is 1300. The minimum atomic E-state index is -1.27. The molecule has 1 aromatic heterocycles. The van der Waals surface area contributed by atoms with Crippen molar-refractivity contribution in [2.45, 2.75) is 51.1 Å². The van der Waals surface area contributed by atoms with Crippen molar-refractivity contribution >= 4 is 40.2 Å². The first-order valence-electron chi connectivity index (χ1n) is 11.6. The van der Waals surface area contributed by atoms with Crippen LogP contribution in [0.25, 0.3) is 10.9 Å². The number of nitrogens with one attached hydrogen (secondary N) is 3. The van der Waals surface area contributed by atoms with Gasteiger partial charge in [0, 0.05) is 23.0 Å². The van der Waals surface area contributed by atoms with Crippen molar-refractivity contribution in [1.82, 2.24) is 15.6 Å². The number of aryl methyl sites for hydroxylation is 1. The zero-order chi connectivity index (χ0) is 25.3. The number of fused-ring (bicyclic) bond motifs is 3. The Morgan fingerprint density at radius 1 is 1.20 bits per heavy atom. The molecule has 0 aliphatic heterocycles. The van der Waals surface area contributed by atoms with Gasteiger partial charge in [-0.1, -0.05) is 49.7 Å². The molecule has 6 N–H and O–H groups in total. The van der Waals surface area contributed by atoms with Gasteiger partial charge in [0.05, 0.1) is 11.4 Å². The number of aromatic nitrogens is 1. The summed E-state index contributed by atoms with van der Waals surface area (Å²) < 4.78 is 0. The maximum atomic E-state index is 13.7. The van der Waals surface area contributed by atoms with Gasteiger partial charge in [0.25, 0.3) is 0 Å². The van der Waals surface area contributed by atoms with Gasteiger partial charge in [-0.3, -0.25) is 14.4 Å². The molecule has 3 aromatic rings. The normalized spacial score (nSPS) is 18.2. The molecule has 0 radical (unpaired) electrons. The summed E-state index contributed by atoms with van der Waals surface area (Å²) in [6, 6.07) is 11.5. The average Bonchev–Trinajstić information content (AvgIpc) is 3.17. The van der Waals surface area contributed by atoms with E-state index < -0.39 is 23.4 Å². The minimum absolute atomic E-state index is 0.0286. The number of hydrogen-bond donors (Lipinski definition) is 5. The van der Waals surface area contributed by atoms with Crippen LogP contribution in [0.5, 0.6) is 5.75 Å². The average molecular weight is 497 g/mol. The smallest absolute Gasteiger partial charge is 0.246 e. The molecule has 8 nitrogen and oxygen atoms in total. The number of para-hydroxylation sites is 1. The summed E-state index contributed by atoms with van der Waals surface area (Å²) in [7, 11) is 0. The van der Waals surface area contributed by atoms with Crippen molar-refractivity contribution in [2.75, 3.05) is 0 Å². The molecule has 0 saturated carbocycles. The Kier molecular flexibility index (Phi) is 6.76. The molecular weight excluding hydrogens is 468 g/mol. The molecule has 4 rings (SSSR count). The fourth-order valence-electron chi connectivity index (χ4n) is 4.76. The summed E-state index contributed by atoms with van der Waals surface area (Å²) in [5.41, 5.74) is 7.85. The number of phenols is 1. The third-order valence-electron chi connectivity index (χ3n) is 6.63. The number of aromatic amines is 1. The number of nitrogens with two attached hydrogens (primary N) is 1. The van der Waals surface area contributed by atoms with Gasteiger partial charge in [0.1, 0.15) is 17.3 Å². The van der Waals surface area contributed by atoms with Crippen molar-refractivity contribution in [2.24, 2.45) is 11.7 Å². The second-order valence-electron chi connectivity index (χ2n) is 9.49. The number of carbonyl (C=O) groups is 3. The molecule has 2 aromatic carbocycles. The van der Waals surface area contributed by atoms with E-state index in [0.717, 1.165) is 22.2 Å². The highest BCUT2D eigenvalue weighted by Crippen LogP contribution is 2.34. The maximum Gasteiger partial charge on any atom is 0.246 e. The third kappa shape index (κ3) is 4.98. The lowest BCUT2D eigenvalue weighted by molar-refractivity contribution is -0.136. The Morgan fingerprint density at radius 3 is 2.63 bits per heavy atom. The number of amides is 3. The van der Waals surface area contributed by atoms with Crippen LogP contribution in [0.15, 0.2) is 42.5 Å². The van der Waals surface area contributed by atoms with Crippen LogP contribution in [-0.4, -0.2) is 39.4 Å². The van der Waals surface area contributed by atoms with E-state index in [1.165, 1.54) is 12.1 Å². The standard InChI is InChI=1S/C26H29ClN4O4/c1-14(2)23(24(28)34)30-25(35)26(31-22(33)12-15-7-8-21(32)18(27)11-15)10-9-20-17(13-26)16-5-3-4-6-19(16)29-20/h3-8,11,14,23,29,32H,9-10,12-13H2,1-2H3,(H2,28,34)(H,30,35)(H,31,33)/t23-,26+/m0/s1. The van der Waals surface area contributed by atoms with Gasteiger partial charge < -0.3 is 26.5 Å². The number of rotatable bonds is 7. The lowest BCUT2D eigenvalue weighted by Gasteiger charge is -2.38. The molecule has 2 atom stereocenters. The quantitative estimate of drug-likeness (QED) is 0.343. The van der Waals surface area contributed by atoms with E-state index in [2.05, 4.69) is 15.6 Å². The lowest BCUT2D eigenvalue weighted by Crippen LogP contribution is -2.64. The fraction of sp³-hybridized carbons (Fsp3) is 0.346. The zero-order valence-corrected chi connectivity index (χ0v) is 20.4. The maximum absolute atomic E-state index is 13.7. The molecule has 184 valence electrons. The lowest BCUT2D eigenvalue weighted by atomic mass is 9.78. The Balaban J connectivity index is 1.66. The molecule has 0 bridgehead atoms. The van der Waals surface area contributed by atoms with Gasteiger partial charge in [-0.15, -0.1) is 0 Å². The number of benzene rings is 2. The predicted molar refractivity (Wildman–Crippen MR) is 134 cm³/mol. The van der Waals surface area contributed by atoms with Crippen LogP contribution >= 0.6 is 11.6 Å². The third-order valence-corrected chi connectivity index (χ3v) is 6.93. The van der Waals surface area contributed by atoms with Crippen LogP contribution in [-0.2, 0) is 33.6 Å². The van der Waals surface area contributed by atoms with E-state index >= 15 is 0 Å². The van der Waals surface area contributed by atoms with Crippen LogP contribution in [0.3, 0.4) is 0 Å². The second-order valence-corrected chi connectivity index (χ2v) is 9.90. The van der Waals surface area contributed by atoms with Crippen molar-refractivity contribution in [3.63, 3.8) is 0 Å². The van der Waals surface area contributed by atoms with Crippen molar-refractivity contribution in [3.05, 3.63) is 64.3 Å². The number of hydrogen-bond acceptors (Lipinski definition) is 4. The summed E-state index contributed by atoms with van der Waals surface area (Å²) in [5.74, 6) is -1.72. The first-order valence-corrected chi connectivity index (χ1v) is 11.9. The number of phenolic OH excluding ortho intramolecular Hbond substituents is 1. The summed E-state index contributed by atoms with van der Waals surface area (Å²) in [6.07, 6.45) is 1.14.